The summed E-state index contributed by atoms with van der Waals surface area (Å²) in [6, 6.07) is 1.35. The third-order valence-electron chi connectivity index (χ3n) is 4.37. The molecule has 1 heterocycles. The monoisotopic (exact) mass is 352 g/mol. The number of nitro groups is 1. The molecule has 0 bridgehead atoms. The maximum absolute atomic E-state index is 13.0. The second kappa shape index (κ2) is 7.58. The minimum Gasteiger partial charge on any atom is -0.493 e. The highest BCUT2D eigenvalue weighted by Crippen LogP contribution is 2.46. The maximum atomic E-state index is 13.0. The molecule has 1 saturated heterocycles. The molecule has 0 saturated carbocycles. The van der Waals surface area contributed by atoms with Crippen LogP contribution in [0.25, 0.3) is 0 Å². The number of carbonyl (C=O) groups is 1. The van der Waals surface area contributed by atoms with Gasteiger partial charge in [-0.1, -0.05) is 13.8 Å². The zero-order valence-corrected chi connectivity index (χ0v) is 15.2. The highest BCUT2D eigenvalue weighted by Gasteiger charge is 2.36. The molecule has 0 spiro atoms. The summed E-state index contributed by atoms with van der Waals surface area (Å²) < 4.78 is 15.6. The molecule has 1 aromatic carbocycles. The average molecular weight is 352 g/mol. The smallest absolute Gasteiger partial charge is 0.327 e. The van der Waals surface area contributed by atoms with E-state index in [0.29, 0.717) is 24.9 Å². The van der Waals surface area contributed by atoms with Gasteiger partial charge < -0.3 is 19.1 Å². The molecule has 25 heavy (non-hydrogen) atoms. The molecule has 2 atom stereocenters. The van der Waals surface area contributed by atoms with E-state index in [0.717, 1.165) is 6.42 Å². The van der Waals surface area contributed by atoms with Crippen LogP contribution in [-0.2, 0) is 0 Å². The van der Waals surface area contributed by atoms with Crippen molar-refractivity contribution < 1.29 is 23.9 Å². The van der Waals surface area contributed by atoms with E-state index in [2.05, 4.69) is 13.8 Å². The number of hydrogen-bond acceptors (Lipinski definition) is 6. The lowest BCUT2D eigenvalue weighted by Crippen LogP contribution is -2.42. The molecule has 0 aromatic heterocycles. The van der Waals surface area contributed by atoms with Crippen LogP contribution in [-0.4, -0.2) is 50.1 Å². The van der Waals surface area contributed by atoms with E-state index in [1.165, 1.54) is 27.4 Å². The van der Waals surface area contributed by atoms with Crippen molar-refractivity contribution in [3.63, 3.8) is 0 Å². The highest BCUT2D eigenvalue weighted by molar-refractivity contribution is 6.00. The summed E-state index contributed by atoms with van der Waals surface area (Å²) in [5.41, 5.74) is -0.461. The number of likely N-dealkylation sites (tertiary alicyclic amines) is 1. The molecule has 0 aliphatic carbocycles. The standard InChI is InChI=1S/C17H24N2O6/c1-10-6-11(2)9-18(8-10)17(20)12-7-13(23-3)15(24-4)16(25-5)14(12)19(21)22/h7,10-11H,6,8-9H2,1-5H3. The molecule has 1 fully saturated rings. The molecular weight excluding hydrogens is 328 g/mol. The van der Waals surface area contributed by atoms with Crippen molar-refractivity contribution >= 4 is 11.6 Å². The zero-order chi connectivity index (χ0) is 18.7. The Hall–Kier alpha value is -2.51. The molecule has 0 N–H and O–H groups in total. The first-order valence-electron chi connectivity index (χ1n) is 8.10. The minimum atomic E-state index is -0.620. The molecule has 8 heteroatoms. The molecule has 1 aromatic rings. The Balaban J connectivity index is 2.59. The molecule has 2 rings (SSSR count). The van der Waals surface area contributed by atoms with Crippen molar-refractivity contribution in [1.29, 1.82) is 0 Å². The van der Waals surface area contributed by atoms with E-state index >= 15 is 0 Å². The Morgan fingerprint density at radius 3 is 2.12 bits per heavy atom. The molecule has 1 aliphatic heterocycles. The van der Waals surface area contributed by atoms with Crippen LogP contribution in [0.15, 0.2) is 6.07 Å². The van der Waals surface area contributed by atoms with Crippen molar-refractivity contribution in [1.82, 2.24) is 4.90 Å². The first kappa shape index (κ1) is 18.8. The van der Waals surface area contributed by atoms with Gasteiger partial charge in [0.15, 0.2) is 5.75 Å². The molecule has 1 aliphatic rings. The highest BCUT2D eigenvalue weighted by atomic mass is 16.6. The summed E-state index contributed by atoms with van der Waals surface area (Å²) in [7, 11) is 4.06. The summed E-state index contributed by atoms with van der Waals surface area (Å²) in [5, 5.41) is 11.6. The molecule has 138 valence electrons. The number of benzene rings is 1. The quantitative estimate of drug-likeness (QED) is 0.598. The predicted molar refractivity (Wildman–Crippen MR) is 91.6 cm³/mol. The normalized spacial score (nSPS) is 20.1. The molecule has 0 radical (unpaired) electrons. The Morgan fingerprint density at radius 1 is 1.12 bits per heavy atom. The van der Waals surface area contributed by atoms with Crippen molar-refractivity contribution in [2.75, 3.05) is 34.4 Å². The summed E-state index contributed by atoms with van der Waals surface area (Å²) in [6.45, 7) is 5.27. The number of methoxy groups -OCH3 is 3. The van der Waals surface area contributed by atoms with Crippen LogP contribution in [0.5, 0.6) is 17.2 Å². The van der Waals surface area contributed by atoms with Gasteiger partial charge in [-0.2, -0.15) is 0 Å². The average Bonchev–Trinajstić information content (AvgIpc) is 2.57. The van der Waals surface area contributed by atoms with Crippen LogP contribution in [0, 0.1) is 22.0 Å². The number of ether oxygens (including phenoxy) is 3. The van der Waals surface area contributed by atoms with Gasteiger partial charge in [-0.25, -0.2) is 0 Å². The van der Waals surface area contributed by atoms with Gasteiger partial charge in [0.05, 0.1) is 26.3 Å². The number of nitro benzene ring substituents is 1. The third kappa shape index (κ3) is 3.62. The Kier molecular flexibility index (Phi) is 5.71. The fourth-order valence-corrected chi connectivity index (χ4v) is 3.48. The van der Waals surface area contributed by atoms with Crippen LogP contribution < -0.4 is 14.2 Å². The SMILES string of the molecule is COc1cc(C(=O)N2CC(C)CC(C)C2)c([N+](=O)[O-])c(OC)c1OC. The fourth-order valence-electron chi connectivity index (χ4n) is 3.48. The van der Waals surface area contributed by atoms with Crippen LogP contribution in [0.1, 0.15) is 30.6 Å². The number of piperidine rings is 1. The van der Waals surface area contributed by atoms with E-state index in [9.17, 15) is 14.9 Å². The lowest BCUT2D eigenvalue weighted by Gasteiger charge is -2.35. The fraction of sp³-hybridized carbons (Fsp3) is 0.588. The van der Waals surface area contributed by atoms with E-state index in [1.54, 1.807) is 4.90 Å². The van der Waals surface area contributed by atoms with E-state index in [1.807, 2.05) is 0 Å². The second-order valence-corrected chi connectivity index (χ2v) is 6.45. The summed E-state index contributed by atoms with van der Waals surface area (Å²) in [4.78, 5) is 25.7. The van der Waals surface area contributed by atoms with Crippen LogP contribution in [0.4, 0.5) is 5.69 Å². The predicted octanol–water partition coefficient (Wildman–Crippen LogP) is 2.74. The van der Waals surface area contributed by atoms with Crippen molar-refractivity contribution in [2.24, 2.45) is 11.8 Å². The second-order valence-electron chi connectivity index (χ2n) is 6.45. The minimum absolute atomic E-state index is 0.0548. The Labute approximate surface area is 146 Å². The lowest BCUT2D eigenvalue weighted by atomic mass is 9.91. The third-order valence-corrected chi connectivity index (χ3v) is 4.37. The van der Waals surface area contributed by atoms with Crippen molar-refractivity contribution in [3.05, 3.63) is 21.7 Å². The summed E-state index contributed by atoms with van der Waals surface area (Å²) in [5.74, 6) is 0.472. The molecule has 2 unspecified atom stereocenters. The van der Waals surface area contributed by atoms with Gasteiger partial charge in [-0.15, -0.1) is 0 Å². The van der Waals surface area contributed by atoms with E-state index in [4.69, 9.17) is 14.2 Å². The molecule has 8 nitrogen and oxygen atoms in total. The Morgan fingerprint density at radius 2 is 1.68 bits per heavy atom. The van der Waals surface area contributed by atoms with Crippen molar-refractivity contribution in [3.8, 4) is 17.2 Å². The van der Waals surface area contributed by atoms with Crippen LogP contribution in [0.2, 0.25) is 0 Å². The topological polar surface area (TPSA) is 91.1 Å². The van der Waals surface area contributed by atoms with Gasteiger partial charge in [0.25, 0.3) is 5.91 Å². The zero-order valence-electron chi connectivity index (χ0n) is 15.2. The van der Waals surface area contributed by atoms with Crippen molar-refractivity contribution in [2.45, 2.75) is 20.3 Å². The largest absolute Gasteiger partial charge is 0.493 e. The number of rotatable bonds is 5. The summed E-state index contributed by atoms with van der Waals surface area (Å²) >= 11 is 0. The number of carbonyl (C=O) groups excluding carboxylic acids is 1. The first-order valence-corrected chi connectivity index (χ1v) is 8.10. The van der Waals surface area contributed by atoms with Crippen LogP contribution in [0.3, 0.4) is 0 Å². The van der Waals surface area contributed by atoms with Gasteiger partial charge >= 0.3 is 5.69 Å². The lowest BCUT2D eigenvalue weighted by molar-refractivity contribution is -0.386. The van der Waals surface area contributed by atoms with Gasteiger partial charge in [0.2, 0.25) is 11.5 Å². The number of hydrogen-bond donors (Lipinski definition) is 0. The first-order chi connectivity index (χ1) is 11.8. The van der Waals surface area contributed by atoms with E-state index < -0.39 is 16.5 Å². The van der Waals surface area contributed by atoms with Crippen LogP contribution >= 0.6 is 0 Å². The number of nitrogens with zero attached hydrogens (tertiary/aromatic N) is 2. The van der Waals surface area contributed by atoms with Gasteiger partial charge in [-0.3, -0.25) is 14.9 Å². The molecular formula is C17H24N2O6. The van der Waals surface area contributed by atoms with Gasteiger partial charge in [0.1, 0.15) is 5.56 Å². The molecule has 1 amide bonds. The summed E-state index contributed by atoms with van der Waals surface area (Å²) in [6.07, 6.45) is 1.03. The number of amides is 1. The Bertz CT molecular complexity index is 666. The van der Waals surface area contributed by atoms with E-state index in [-0.39, 0.29) is 22.8 Å². The van der Waals surface area contributed by atoms with Gasteiger partial charge in [-0.05, 0) is 18.3 Å². The van der Waals surface area contributed by atoms with Gasteiger partial charge in [0, 0.05) is 19.2 Å². The maximum Gasteiger partial charge on any atom is 0.327 e.